The maximum Gasteiger partial charge on any atom is 0.0702 e. The Morgan fingerprint density at radius 1 is 1.11 bits per heavy atom. The van der Waals surface area contributed by atoms with Crippen LogP contribution in [-0.2, 0) is 9.47 Å². The molecule has 0 radical (unpaired) electrons. The predicted molar refractivity (Wildman–Crippen MR) is 77.5 cm³/mol. The van der Waals surface area contributed by atoms with Crippen LogP contribution in [0.15, 0.2) is 0 Å². The highest BCUT2D eigenvalue weighted by atomic mass is 16.5. The number of likely N-dealkylation sites (N-methyl/N-ethyl adjacent to an activating group) is 1. The summed E-state index contributed by atoms with van der Waals surface area (Å²) in [5.74, 6) is 0. The van der Waals surface area contributed by atoms with Gasteiger partial charge >= 0.3 is 0 Å². The van der Waals surface area contributed by atoms with Gasteiger partial charge in [-0.3, -0.25) is 4.90 Å². The minimum atomic E-state index is 0.444. The van der Waals surface area contributed by atoms with Crippen LogP contribution >= 0.6 is 0 Å². The number of nitrogens with zero attached hydrogens (tertiary/aromatic N) is 1. The highest BCUT2D eigenvalue weighted by Crippen LogP contribution is 2.14. The molecule has 2 heterocycles. The maximum atomic E-state index is 5.80. The lowest BCUT2D eigenvalue weighted by molar-refractivity contribution is -0.00708. The van der Waals surface area contributed by atoms with Crippen LogP contribution in [0, 0.1) is 0 Å². The van der Waals surface area contributed by atoms with Crippen molar-refractivity contribution in [1.29, 1.82) is 0 Å². The van der Waals surface area contributed by atoms with E-state index < -0.39 is 0 Å². The van der Waals surface area contributed by atoms with Crippen molar-refractivity contribution in [2.24, 2.45) is 0 Å². The molecule has 2 saturated heterocycles. The molecule has 112 valence electrons. The Kier molecular flexibility index (Phi) is 6.57. The molecule has 0 aliphatic carbocycles. The van der Waals surface area contributed by atoms with E-state index in [1.165, 1.54) is 32.1 Å². The SMILES string of the molecule is CC(CNCC1CCCO1)N(C)CC1CCCCO1. The first-order chi connectivity index (χ1) is 9.25. The van der Waals surface area contributed by atoms with Gasteiger partial charge in [0, 0.05) is 38.9 Å². The average molecular weight is 270 g/mol. The van der Waals surface area contributed by atoms with Crippen LogP contribution in [0.4, 0.5) is 0 Å². The molecule has 0 aromatic rings. The number of hydrogen-bond acceptors (Lipinski definition) is 4. The Labute approximate surface area is 117 Å². The number of nitrogens with one attached hydrogen (secondary N) is 1. The molecule has 3 unspecified atom stereocenters. The second kappa shape index (κ2) is 8.20. The summed E-state index contributed by atoms with van der Waals surface area (Å²) in [6.45, 7) is 7.26. The molecule has 2 aliphatic heterocycles. The van der Waals surface area contributed by atoms with E-state index in [9.17, 15) is 0 Å². The van der Waals surface area contributed by atoms with Crippen molar-refractivity contribution < 1.29 is 9.47 Å². The third kappa shape index (κ3) is 5.38. The smallest absolute Gasteiger partial charge is 0.0702 e. The fraction of sp³-hybridized carbons (Fsp3) is 1.00. The van der Waals surface area contributed by atoms with Crippen molar-refractivity contribution in [3.63, 3.8) is 0 Å². The predicted octanol–water partition coefficient (Wildman–Crippen LogP) is 1.64. The molecule has 0 saturated carbocycles. The summed E-state index contributed by atoms with van der Waals surface area (Å²) in [5.41, 5.74) is 0. The third-order valence-corrected chi connectivity index (χ3v) is 4.35. The van der Waals surface area contributed by atoms with E-state index in [4.69, 9.17) is 9.47 Å². The summed E-state index contributed by atoms with van der Waals surface area (Å²) in [5, 5.41) is 3.54. The van der Waals surface area contributed by atoms with Gasteiger partial charge in [-0.2, -0.15) is 0 Å². The molecule has 19 heavy (non-hydrogen) atoms. The summed E-state index contributed by atoms with van der Waals surface area (Å²) in [4.78, 5) is 2.42. The molecule has 0 aromatic carbocycles. The zero-order valence-electron chi connectivity index (χ0n) is 12.6. The summed E-state index contributed by atoms with van der Waals surface area (Å²) in [6, 6.07) is 0.548. The number of hydrogen-bond donors (Lipinski definition) is 1. The van der Waals surface area contributed by atoms with Crippen LogP contribution in [0.25, 0.3) is 0 Å². The van der Waals surface area contributed by atoms with Crippen molar-refractivity contribution in [1.82, 2.24) is 10.2 Å². The molecular weight excluding hydrogens is 240 g/mol. The Balaban J connectivity index is 1.57. The molecule has 2 fully saturated rings. The minimum absolute atomic E-state index is 0.444. The lowest BCUT2D eigenvalue weighted by Crippen LogP contribution is -2.44. The topological polar surface area (TPSA) is 33.7 Å². The van der Waals surface area contributed by atoms with Gasteiger partial charge in [-0.15, -0.1) is 0 Å². The molecule has 0 aromatic heterocycles. The standard InChI is InChI=1S/C15H30N2O2/c1-13(10-16-11-14-7-5-9-18-14)17(2)12-15-6-3-4-8-19-15/h13-16H,3-12H2,1-2H3. The van der Waals surface area contributed by atoms with Gasteiger partial charge in [0.1, 0.15) is 0 Å². The first-order valence-corrected chi connectivity index (χ1v) is 7.90. The van der Waals surface area contributed by atoms with Crippen LogP contribution in [0.2, 0.25) is 0 Å². The number of rotatable bonds is 7. The molecule has 0 bridgehead atoms. The maximum absolute atomic E-state index is 5.80. The lowest BCUT2D eigenvalue weighted by atomic mass is 10.1. The quantitative estimate of drug-likeness (QED) is 0.762. The van der Waals surface area contributed by atoms with E-state index in [2.05, 4.69) is 24.2 Å². The van der Waals surface area contributed by atoms with Gasteiger partial charge in [-0.1, -0.05) is 0 Å². The van der Waals surface area contributed by atoms with E-state index in [1.807, 2.05) is 0 Å². The molecular formula is C15H30N2O2. The average Bonchev–Trinajstić information content (AvgIpc) is 2.93. The summed E-state index contributed by atoms with van der Waals surface area (Å²) in [7, 11) is 2.20. The Morgan fingerprint density at radius 2 is 1.84 bits per heavy atom. The Morgan fingerprint density at radius 3 is 2.53 bits per heavy atom. The van der Waals surface area contributed by atoms with Crippen LogP contribution < -0.4 is 5.32 Å². The van der Waals surface area contributed by atoms with E-state index in [0.717, 1.165) is 32.8 Å². The highest BCUT2D eigenvalue weighted by molar-refractivity contribution is 4.74. The molecule has 2 aliphatic rings. The highest BCUT2D eigenvalue weighted by Gasteiger charge is 2.19. The van der Waals surface area contributed by atoms with E-state index in [-0.39, 0.29) is 0 Å². The van der Waals surface area contributed by atoms with Gasteiger partial charge in [0.05, 0.1) is 12.2 Å². The van der Waals surface area contributed by atoms with Gasteiger partial charge in [0.2, 0.25) is 0 Å². The van der Waals surface area contributed by atoms with Gasteiger partial charge in [0.15, 0.2) is 0 Å². The molecule has 4 nitrogen and oxygen atoms in total. The Bertz CT molecular complexity index is 238. The van der Waals surface area contributed by atoms with E-state index >= 15 is 0 Å². The van der Waals surface area contributed by atoms with Gasteiger partial charge < -0.3 is 14.8 Å². The largest absolute Gasteiger partial charge is 0.377 e. The molecule has 1 N–H and O–H groups in total. The van der Waals surface area contributed by atoms with Gasteiger partial charge in [0.25, 0.3) is 0 Å². The Hall–Kier alpha value is -0.160. The van der Waals surface area contributed by atoms with Crippen LogP contribution in [0.5, 0.6) is 0 Å². The summed E-state index contributed by atoms with van der Waals surface area (Å²) >= 11 is 0. The van der Waals surface area contributed by atoms with Crippen molar-refractivity contribution in [2.75, 3.05) is 39.9 Å². The zero-order chi connectivity index (χ0) is 13.5. The fourth-order valence-corrected chi connectivity index (χ4v) is 2.87. The molecule has 0 amide bonds. The molecule has 4 heteroatoms. The zero-order valence-corrected chi connectivity index (χ0v) is 12.6. The molecule has 3 atom stereocenters. The molecule has 0 spiro atoms. The summed E-state index contributed by atoms with van der Waals surface area (Å²) < 4.78 is 11.4. The van der Waals surface area contributed by atoms with Gasteiger partial charge in [-0.25, -0.2) is 0 Å². The fourth-order valence-electron chi connectivity index (χ4n) is 2.87. The first kappa shape index (κ1) is 15.2. The normalized spacial score (nSPS) is 29.8. The first-order valence-electron chi connectivity index (χ1n) is 7.90. The van der Waals surface area contributed by atoms with Crippen molar-refractivity contribution >= 4 is 0 Å². The lowest BCUT2D eigenvalue weighted by Gasteiger charge is -2.31. The van der Waals surface area contributed by atoms with Crippen molar-refractivity contribution in [3.05, 3.63) is 0 Å². The van der Waals surface area contributed by atoms with Gasteiger partial charge in [-0.05, 0) is 46.1 Å². The van der Waals surface area contributed by atoms with Crippen molar-refractivity contribution in [2.45, 2.75) is 57.3 Å². The monoisotopic (exact) mass is 270 g/mol. The second-order valence-electron chi connectivity index (χ2n) is 6.07. The summed E-state index contributed by atoms with van der Waals surface area (Å²) in [6.07, 6.45) is 7.11. The van der Waals surface area contributed by atoms with Crippen molar-refractivity contribution in [3.8, 4) is 0 Å². The van der Waals surface area contributed by atoms with E-state index in [1.54, 1.807) is 0 Å². The van der Waals surface area contributed by atoms with Crippen LogP contribution in [-0.4, -0.2) is 63.0 Å². The van der Waals surface area contributed by atoms with Crippen LogP contribution in [0.1, 0.15) is 39.0 Å². The minimum Gasteiger partial charge on any atom is -0.377 e. The number of ether oxygens (including phenoxy) is 2. The van der Waals surface area contributed by atoms with E-state index in [0.29, 0.717) is 18.2 Å². The second-order valence-corrected chi connectivity index (χ2v) is 6.07. The molecule has 2 rings (SSSR count). The third-order valence-electron chi connectivity index (χ3n) is 4.35. The van der Waals surface area contributed by atoms with Crippen LogP contribution in [0.3, 0.4) is 0 Å².